The maximum Gasteiger partial charge on any atom is 0.336 e. The molecule has 1 unspecified atom stereocenters. The summed E-state index contributed by atoms with van der Waals surface area (Å²) < 4.78 is 11.1. The Hall–Kier alpha value is -2.79. The molecule has 29 heavy (non-hydrogen) atoms. The van der Waals surface area contributed by atoms with E-state index in [1.807, 2.05) is 26.8 Å². The van der Waals surface area contributed by atoms with E-state index >= 15 is 0 Å². The SMILES string of the molecule is Cc1cc(=O)oc2cc(OC(C)C)c(CCC(=O)Nc3ncc([NH+]([O-])O)s3)cc12. The quantitative estimate of drug-likeness (QED) is 0.396. The molecule has 3 N–H and O–H groups in total. The summed E-state index contributed by atoms with van der Waals surface area (Å²) in [4.78, 5) is 27.8. The molecule has 0 aliphatic heterocycles. The topological polar surface area (TPSA) is 129 Å². The predicted octanol–water partition coefficient (Wildman–Crippen LogP) is 2.32. The molecule has 1 atom stereocenters. The molecule has 0 saturated carbocycles. The number of fused-ring (bicyclic) bond motifs is 1. The smallest absolute Gasteiger partial charge is 0.336 e. The maximum atomic E-state index is 12.3. The summed E-state index contributed by atoms with van der Waals surface area (Å²) in [6, 6.07) is 4.96. The second kappa shape index (κ2) is 8.70. The summed E-state index contributed by atoms with van der Waals surface area (Å²) in [7, 11) is 0. The Morgan fingerprint density at radius 2 is 2.17 bits per heavy atom. The van der Waals surface area contributed by atoms with Crippen LogP contribution in [-0.4, -0.2) is 22.2 Å². The summed E-state index contributed by atoms with van der Waals surface area (Å²) in [5, 5.41) is 22.4. The minimum Gasteiger partial charge on any atom is -0.594 e. The lowest BCUT2D eigenvalue weighted by atomic mass is 10.0. The number of aromatic nitrogens is 1. The van der Waals surface area contributed by atoms with Crippen LogP contribution in [0, 0.1) is 12.1 Å². The normalized spacial score (nSPS) is 12.3. The Morgan fingerprint density at radius 3 is 2.83 bits per heavy atom. The Morgan fingerprint density at radius 1 is 1.41 bits per heavy atom. The van der Waals surface area contributed by atoms with Gasteiger partial charge >= 0.3 is 5.63 Å². The minimum atomic E-state index is -1.09. The van der Waals surface area contributed by atoms with Gasteiger partial charge in [-0.1, -0.05) is 0 Å². The van der Waals surface area contributed by atoms with Crippen LogP contribution >= 0.6 is 11.3 Å². The van der Waals surface area contributed by atoms with E-state index < -0.39 is 10.9 Å². The number of ether oxygens (including phenoxy) is 1. The largest absolute Gasteiger partial charge is 0.594 e. The average molecular weight is 419 g/mol. The van der Waals surface area contributed by atoms with Gasteiger partial charge in [-0.2, -0.15) is 5.23 Å². The summed E-state index contributed by atoms with van der Waals surface area (Å²) >= 11 is 0.898. The van der Waals surface area contributed by atoms with Crippen molar-refractivity contribution in [1.29, 1.82) is 0 Å². The molecule has 2 heterocycles. The van der Waals surface area contributed by atoms with Crippen LogP contribution in [0.25, 0.3) is 11.0 Å². The third kappa shape index (κ3) is 5.18. The molecule has 0 bridgehead atoms. The minimum absolute atomic E-state index is 0.0550. The zero-order valence-electron chi connectivity index (χ0n) is 16.1. The van der Waals surface area contributed by atoms with Crippen molar-refractivity contribution in [2.75, 3.05) is 5.32 Å². The Kier molecular flexibility index (Phi) is 6.28. The highest BCUT2D eigenvalue weighted by atomic mass is 32.1. The molecule has 3 aromatic rings. The predicted molar refractivity (Wildman–Crippen MR) is 108 cm³/mol. The molecule has 0 aliphatic rings. The number of carbonyl (C=O) groups excluding carboxylic acids is 1. The van der Waals surface area contributed by atoms with Crippen LogP contribution in [-0.2, 0) is 11.2 Å². The Bertz CT molecular complexity index is 1090. The third-order valence-electron chi connectivity index (χ3n) is 4.08. The summed E-state index contributed by atoms with van der Waals surface area (Å²) in [6.45, 7) is 5.59. The van der Waals surface area contributed by atoms with Crippen molar-refractivity contribution in [3.05, 3.63) is 51.2 Å². The molecular weight excluding hydrogens is 398 g/mol. The highest BCUT2D eigenvalue weighted by Gasteiger charge is 2.15. The van der Waals surface area contributed by atoms with Crippen LogP contribution in [0.3, 0.4) is 0 Å². The molecule has 3 rings (SSSR count). The van der Waals surface area contributed by atoms with Gasteiger partial charge in [-0.3, -0.25) is 4.79 Å². The van der Waals surface area contributed by atoms with Gasteiger partial charge in [0.2, 0.25) is 10.9 Å². The van der Waals surface area contributed by atoms with Crippen molar-refractivity contribution in [2.45, 2.75) is 39.7 Å². The van der Waals surface area contributed by atoms with Crippen LogP contribution in [0.4, 0.5) is 10.1 Å². The molecule has 2 aromatic heterocycles. The molecule has 0 spiro atoms. The van der Waals surface area contributed by atoms with E-state index in [9.17, 15) is 14.8 Å². The lowest BCUT2D eigenvalue weighted by Crippen LogP contribution is -2.98. The highest BCUT2D eigenvalue weighted by Crippen LogP contribution is 2.29. The van der Waals surface area contributed by atoms with Crippen molar-refractivity contribution in [2.24, 2.45) is 0 Å². The van der Waals surface area contributed by atoms with Gasteiger partial charge < -0.3 is 19.7 Å². The highest BCUT2D eigenvalue weighted by molar-refractivity contribution is 7.18. The number of nitrogens with one attached hydrogen (secondary N) is 2. The zero-order valence-corrected chi connectivity index (χ0v) is 17.0. The van der Waals surface area contributed by atoms with E-state index in [-0.39, 0.29) is 28.6 Å². The van der Waals surface area contributed by atoms with Gasteiger partial charge in [-0.15, -0.1) is 0 Å². The number of thiazole rings is 1. The fourth-order valence-electron chi connectivity index (χ4n) is 2.81. The van der Waals surface area contributed by atoms with E-state index in [4.69, 9.17) is 14.4 Å². The number of amides is 1. The summed E-state index contributed by atoms with van der Waals surface area (Å²) in [5.74, 6) is 0.264. The van der Waals surface area contributed by atoms with Crippen LogP contribution in [0.5, 0.6) is 5.75 Å². The summed E-state index contributed by atoms with van der Waals surface area (Å²) in [5.41, 5.74) is 1.59. The van der Waals surface area contributed by atoms with Gasteiger partial charge in [0.1, 0.15) is 17.5 Å². The third-order valence-corrected chi connectivity index (χ3v) is 4.98. The molecular formula is C19H21N3O6S. The molecule has 10 heteroatoms. The first-order chi connectivity index (χ1) is 13.7. The van der Waals surface area contributed by atoms with Crippen molar-refractivity contribution >= 4 is 38.3 Å². The number of benzene rings is 1. The number of nitrogens with zero attached hydrogens (tertiary/aromatic N) is 1. The van der Waals surface area contributed by atoms with E-state index in [2.05, 4.69) is 10.3 Å². The van der Waals surface area contributed by atoms with Gasteiger partial charge in [-0.05, 0) is 55.7 Å². The Balaban J connectivity index is 1.80. The molecule has 9 nitrogen and oxygen atoms in total. The van der Waals surface area contributed by atoms with Gasteiger partial charge in [0, 0.05) is 23.9 Å². The average Bonchev–Trinajstić information content (AvgIpc) is 3.08. The summed E-state index contributed by atoms with van der Waals surface area (Å²) in [6.07, 6.45) is 1.65. The monoisotopic (exact) mass is 419 g/mol. The lowest BCUT2D eigenvalue weighted by molar-refractivity contribution is -0.989. The molecule has 0 aliphatic carbocycles. The van der Waals surface area contributed by atoms with Crippen molar-refractivity contribution < 1.29 is 24.4 Å². The van der Waals surface area contributed by atoms with Crippen LogP contribution in [0.15, 0.2) is 33.6 Å². The number of quaternary nitrogens is 1. The van der Waals surface area contributed by atoms with Crippen LogP contribution in [0.2, 0.25) is 0 Å². The molecule has 0 saturated heterocycles. The maximum absolute atomic E-state index is 12.3. The first kappa shape index (κ1) is 20.9. The Labute approximate surface area is 170 Å². The van der Waals surface area contributed by atoms with E-state index in [0.29, 0.717) is 17.8 Å². The molecule has 1 amide bonds. The van der Waals surface area contributed by atoms with E-state index in [1.54, 1.807) is 6.07 Å². The van der Waals surface area contributed by atoms with E-state index in [1.165, 1.54) is 12.3 Å². The molecule has 0 fully saturated rings. The van der Waals surface area contributed by atoms with Crippen molar-refractivity contribution in [1.82, 2.24) is 4.98 Å². The van der Waals surface area contributed by atoms with E-state index in [0.717, 1.165) is 27.8 Å². The fourth-order valence-corrected chi connectivity index (χ4v) is 3.48. The number of aryl methyl sites for hydroxylation is 2. The number of hydrogen-bond donors (Lipinski definition) is 3. The first-order valence-corrected chi connectivity index (χ1v) is 9.77. The van der Waals surface area contributed by atoms with Crippen LogP contribution in [0.1, 0.15) is 31.4 Å². The number of anilines is 1. The zero-order chi connectivity index (χ0) is 21.1. The number of carbonyl (C=O) groups is 1. The first-order valence-electron chi connectivity index (χ1n) is 8.96. The molecule has 154 valence electrons. The van der Waals surface area contributed by atoms with Crippen LogP contribution < -0.4 is 20.9 Å². The standard InChI is InChI=1S/C19H21N3O6S/c1-10(2)27-14-8-15-13(11(3)6-18(24)28-15)7-12(14)4-5-16(23)21-19-20-9-17(29-19)22(25)26/h6-10,22,25H,4-5H2,1-3H3,(H,20,21,23). The van der Waals surface area contributed by atoms with Gasteiger partial charge in [0.25, 0.3) is 0 Å². The molecule has 0 radical (unpaired) electrons. The molecule has 1 aromatic carbocycles. The fraction of sp³-hybridized carbons (Fsp3) is 0.316. The number of rotatable bonds is 7. The second-order valence-electron chi connectivity index (χ2n) is 6.75. The van der Waals surface area contributed by atoms with Gasteiger partial charge in [-0.25, -0.2) is 15.0 Å². The second-order valence-corrected chi connectivity index (χ2v) is 7.78. The van der Waals surface area contributed by atoms with Crippen molar-refractivity contribution in [3.8, 4) is 5.75 Å². The van der Waals surface area contributed by atoms with Crippen molar-refractivity contribution in [3.63, 3.8) is 0 Å². The van der Waals surface area contributed by atoms with Gasteiger partial charge in [0.15, 0.2) is 5.13 Å². The van der Waals surface area contributed by atoms with Gasteiger partial charge in [0.05, 0.1) is 6.10 Å². The lowest BCUT2D eigenvalue weighted by Gasteiger charge is -2.15. The number of hydrogen-bond acceptors (Lipinski definition) is 8.